The highest BCUT2D eigenvalue weighted by atomic mass is 15.2. The Bertz CT molecular complexity index is 433. The van der Waals surface area contributed by atoms with Crippen LogP contribution in [0.3, 0.4) is 0 Å². The second-order valence-electron chi connectivity index (χ2n) is 6.79. The summed E-state index contributed by atoms with van der Waals surface area (Å²) in [7, 11) is 0. The Balaban J connectivity index is 1.70. The van der Waals surface area contributed by atoms with Gasteiger partial charge in [0.25, 0.3) is 0 Å². The van der Waals surface area contributed by atoms with Gasteiger partial charge in [-0.3, -0.25) is 0 Å². The van der Waals surface area contributed by atoms with Crippen LogP contribution >= 0.6 is 0 Å². The zero-order chi connectivity index (χ0) is 14.0. The molecule has 0 radical (unpaired) electrons. The summed E-state index contributed by atoms with van der Waals surface area (Å²) in [6.07, 6.45) is 7.95. The van der Waals surface area contributed by atoms with Crippen LogP contribution in [0.15, 0.2) is 12.5 Å². The number of nitrogens with zero attached hydrogens (tertiary/aromatic N) is 3. The number of piperidine rings is 1. The summed E-state index contributed by atoms with van der Waals surface area (Å²) in [6.45, 7) is 11.8. The number of hydrogen-bond donors (Lipinski definition) is 1. The number of hydrogen-bond acceptors (Lipinski definition) is 3. The summed E-state index contributed by atoms with van der Waals surface area (Å²) in [5, 5.41) is 3.47. The number of imidazole rings is 1. The fraction of sp³-hybridized carbons (Fsp3) is 0.812. The summed E-state index contributed by atoms with van der Waals surface area (Å²) in [5.74, 6) is 0.799. The highest BCUT2D eigenvalue weighted by Gasteiger charge is 2.32. The lowest BCUT2D eigenvalue weighted by Gasteiger charge is -2.35. The Hall–Kier alpha value is -0.870. The van der Waals surface area contributed by atoms with Crippen LogP contribution in [0.1, 0.15) is 38.8 Å². The molecular formula is C16H28N4. The minimum atomic E-state index is 0.310. The van der Waals surface area contributed by atoms with Gasteiger partial charge in [0.15, 0.2) is 0 Å². The summed E-state index contributed by atoms with van der Waals surface area (Å²) in [4.78, 5) is 7.02. The first-order valence-corrected chi connectivity index (χ1v) is 8.15. The lowest BCUT2D eigenvalue weighted by molar-refractivity contribution is 0.302. The van der Waals surface area contributed by atoms with Gasteiger partial charge in [-0.1, -0.05) is 13.8 Å². The third-order valence-electron chi connectivity index (χ3n) is 5.31. The second-order valence-corrected chi connectivity index (χ2v) is 6.79. The van der Waals surface area contributed by atoms with Crippen molar-refractivity contribution in [3.63, 3.8) is 0 Å². The van der Waals surface area contributed by atoms with E-state index in [-0.39, 0.29) is 0 Å². The van der Waals surface area contributed by atoms with E-state index in [1.807, 2.05) is 0 Å². The maximum atomic E-state index is 4.45. The molecule has 1 aromatic rings. The van der Waals surface area contributed by atoms with Gasteiger partial charge in [0.05, 0.1) is 6.33 Å². The lowest BCUT2D eigenvalue weighted by Crippen LogP contribution is -2.39. The van der Waals surface area contributed by atoms with Crippen LogP contribution in [0.5, 0.6) is 0 Å². The maximum absolute atomic E-state index is 4.45. The zero-order valence-electron chi connectivity index (χ0n) is 12.9. The van der Waals surface area contributed by atoms with E-state index >= 15 is 0 Å². The van der Waals surface area contributed by atoms with Gasteiger partial charge in [0, 0.05) is 30.4 Å². The Morgan fingerprint density at radius 2 is 2.20 bits per heavy atom. The summed E-state index contributed by atoms with van der Waals surface area (Å²) >= 11 is 0. The van der Waals surface area contributed by atoms with Gasteiger partial charge < -0.3 is 14.8 Å². The molecule has 4 heteroatoms. The van der Waals surface area contributed by atoms with Crippen molar-refractivity contribution in [2.24, 2.45) is 5.92 Å². The maximum Gasteiger partial charge on any atom is 0.0948 e. The average Bonchev–Trinajstić information content (AvgIpc) is 3.09. The van der Waals surface area contributed by atoms with Crippen LogP contribution in [0.2, 0.25) is 0 Å². The molecule has 1 aromatic heterocycles. The monoisotopic (exact) mass is 276 g/mol. The van der Waals surface area contributed by atoms with Gasteiger partial charge in [0.2, 0.25) is 0 Å². The van der Waals surface area contributed by atoms with E-state index in [0.29, 0.717) is 5.41 Å². The Morgan fingerprint density at radius 3 is 2.90 bits per heavy atom. The van der Waals surface area contributed by atoms with Crippen LogP contribution in [-0.4, -0.2) is 47.2 Å². The number of aromatic nitrogens is 2. The van der Waals surface area contributed by atoms with E-state index in [9.17, 15) is 0 Å². The number of rotatable bonds is 4. The molecule has 2 saturated heterocycles. The van der Waals surface area contributed by atoms with E-state index in [2.05, 4.69) is 46.1 Å². The molecule has 0 aromatic carbocycles. The molecule has 1 atom stereocenters. The van der Waals surface area contributed by atoms with E-state index < -0.39 is 0 Å². The molecule has 0 aliphatic carbocycles. The molecule has 3 heterocycles. The molecule has 4 nitrogen and oxygen atoms in total. The van der Waals surface area contributed by atoms with Gasteiger partial charge >= 0.3 is 0 Å². The molecule has 1 N–H and O–H groups in total. The van der Waals surface area contributed by atoms with Crippen LogP contribution in [0.25, 0.3) is 0 Å². The first-order chi connectivity index (χ1) is 9.71. The van der Waals surface area contributed by atoms with E-state index in [1.165, 1.54) is 44.6 Å². The molecule has 0 spiro atoms. The van der Waals surface area contributed by atoms with E-state index in [1.54, 1.807) is 0 Å². The molecule has 2 aliphatic heterocycles. The Labute approximate surface area is 122 Å². The van der Waals surface area contributed by atoms with Crippen molar-refractivity contribution in [1.29, 1.82) is 0 Å². The molecule has 0 saturated carbocycles. The normalized spacial score (nSPS) is 27.0. The number of likely N-dealkylation sites (tertiary alicyclic amines) is 1. The molecule has 20 heavy (non-hydrogen) atoms. The highest BCUT2D eigenvalue weighted by molar-refractivity contribution is 5.15. The molecule has 112 valence electrons. The molecular weight excluding hydrogens is 248 g/mol. The van der Waals surface area contributed by atoms with Crippen LogP contribution in [-0.2, 0) is 12.0 Å². The van der Waals surface area contributed by atoms with Gasteiger partial charge in [-0.2, -0.15) is 0 Å². The van der Waals surface area contributed by atoms with Gasteiger partial charge in [0.1, 0.15) is 0 Å². The molecule has 2 aliphatic rings. The topological polar surface area (TPSA) is 33.1 Å². The fourth-order valence-corrected chi connectivity index (χ4v) is 3.83. The van der Waals surface area contributed by atoms with E-state index in [4.69, 9.17) is 0 Å². The Kier molecular flexibility index (Phi) is 4.13. The van der Waals surface area contributed by atoms with Gasteiger partial charge in [-0.25, -0.2) is 4.98 Å². The predicted octanol–water partition coefficient (Wildman–Crippen LogP) is 1.87. The Morgan fingerprint density at radius 1 is 1.40 bits per heavy atom. The molecule has 0 bridgehead atoms. The van der Waals surface area contributed by atoms with Gasteiger partial charge in [-0.05, 0) is 51.4 Å². The van der Waals surface area contributed by atoms with Gasteiger partial charge in [-0.15, -0.1) is 0 Å². The minimum Gasteiger partial charge on any atom is -0.334 e. The van der Waals surface area contributed by atoms with Crippen molar-refractivity contribution in [1.82, 2.24) is 19.8 Å². The van der Waals surface area contributed by atoms with Crippen LogP contribution < -0.4 is 5.32 Å². The fourth-order valence-electron chi connectivity index (χ4n) is 3.83. The van der Waals surface area contributed by atoms with Crippen molar-refractivity contribution < 1.29 is 0 Å². The van der Waals surface area contributed by atoms with Crippen molar-refractivity contribution in [3.8, 4) is 0 Å². The molecule has 1 unspecified atom stereocenters. The first kappa shape index (κ1) is 14.1. The number of nitrogens with one attached hydrogen (secondary N) is 1. The molecule has 3 rings (SSSR count). The van der Waals surface area contributed by atoms with Crippen molar-refractivity contribution in [2.75, 3.05) is 32.7 Å². The van der Waals surface area contributed by atoms with Crippen LogP contribution in [0, 0.1) is 5.92 Å². The molecule has 0 amide bonds. The first-order valence-electron chi connectivity index (χ1n) is 8.15. The smallest absolute Gasteiger partial charge is 0.0948 e. The van der Waals surface area contributed by atoms with Crippen molar-refractivity contribution >= 4 is 0 Å². The molecule has 2 fully saturated rings. The summed E-state index contributed by atoms with van der Waals surface area (Å²) in [5.41, 5.74) is 1.76. The largest absolute Gasteiger partial charge is 0.334 e. The SMILES string of the molecule is CCN1CCC(Cn2cncc2C2(C)CCNCC2)C1. The van der Waals surface area contributed by atoms with Crippen LogP contribution in [0.4, 0.5) is 0 Å². The summed E-state index contributed by atoms with van der Waals surface area (Å²) < 4.78 is 2.44. The third-order valence-corrected chi connectivity index (χ3v) is 5.31. The van der Waals surface area contributed by atoms with Crippen molar-refractivity contribution in [3.05, 3.63) is 18.2 Å². The third kappa shape index (κ3) is 2.77. The standard InChI is InChI=1S/C16H28N4/c1-3-19-9-4-14(11-19)12-20-13-18-10-15(20)16(2)5-7-17-8-6-16/h10,13-14,17H,3-9,11-12H2,1-2H3. The minimum absolute atomic E-state index is 0.310. The second kappa shape index (κ2) is 5.86. The quantitative estimate of drug-likeness (QED) is 0.911. The van der Waals surface area contributed by atoms with E-state index in [0.717, 1.165) is 25.6 Å². The highest BCUT2D eigenvalue weighted by Crippen LogP contribution is 2.33. The summed E-state index contributed by atoms with van der Waals surface area (Å²) in [6, 6.07) is 0. The zero-order valence-corrected chi connectivity index (χ0v) is 12.9. The lowest BCUT2D eigenvalue weighted by atomic mass is 9.78. The predicted molar refractivity (Wildman–Crippen MR) is 81.9 cm³/mol. The van der Waals surface area contributed by atoms with Crippen molar-refractivity contribution in [2.45, 2.75) is 45.1 Å². The average molecular weight is 276 g/mol.